The molecular weight excluding hydrogens is 362 g/mol. The van der Waals surface area contributed by atoms with E-state index in [1.807, 2.05) is 25.2 Å². The zero-order chi connectivity index (χ0) is 20.7. The summed E-state index contributed by atoms with van der Waals surface area (Å²) >= 11 is 0. The van der Waals surface area contributed by atoms with Crippen LogP contribution in [0.2, 0.25) is 0 Å². The Morgan fingerprint density at radius 2 is 1.83 bits per heavy atom. The van der Waals surface area contributed by atoms with Crippen LogP contribution in [0.5, 0.6) is 0 Å². The fraction of sp³-hybridized carbons (Fsp3) is 0.417. The molecule has 2 aromatic carbocycles. The highest BCUT2D eigenvalue weighted by molar-refractivity contribution is 6.15. The number of fused-ring (bicyclic) bond motifs is 5. The van der Waals surface area contributed by atoms with E-state index in [2.05, 4.69) is 35.4 Å². The van der Waals surface area contributed by atoms with E-state index in [1.165, 1.54) is 0 Å². The van der Waals surface area contributed by atoms with Gasteiger partial charge in [-0.3, -0.25) is 9.59 Å². The van der Waals surface area contributed by atoms with Crippen molar-refractivity contribution in [3.8, 4) is 0 Å². The van der Waals surface area contributed by atoms with Gasteiger partial charge in [0, 0.05) is 59.6 Å². The number of likely N-dealkylation sites (N-methyl/N-ethyl adjacent to an activating group) is 2. The Morgan fingerprint density at radius 3 is 2.52 bits per heavy atom. The zero-order valence-electron chi connectivity index (χ0n) is 17.8. The number of Topliss-reactive ketones (excluding diaryl/α,β-unsaturated/α-hetero) is 1. The van der Waals surface area contributed by atoms with Crippen LogP contribution in [0.4, 0.5) is 0 Å². The minimum atomic E-state index is 0.0662. The lowest BCUT2D eigenvalue weighted by Gasteiger charge is -2.25. The highest BCUT2D eigenvalue weighted by atomic mass is 16.2. The lowest BCUT2D eigenvalue weighted by Crippen LogP contribution is -2.34. The van der Waals surface area contributed by atoms with Crippen molar-refractivity contribution < 1.29 is 9.59 Å². The molecule has 0 saturated carbocycles. The normalized spacial score (nSPS) is 14.2. The first-order valence-electron chi connectivity index (χ1n) is 10.5. The molecular formula is C24H29N3O2. The molecule has 1 aliphatic rings. The molecule has 1 aromatic heterocycles. The smallest absolute Gasteiger partial charge is 0.253 e. The second-order valence-corrected chi connectivity index (χ2v) is 7.93. The van der Waals surface area contributed by atoms with E-state index in [0.717, 1.165) is 77.6 Å². The van der Waals surface area contributed by atoms with Gasteiger partial charge in [0.05, 0.1) is 0 Å². The van der Waals surface area contributed by atoms with Gasteiger partial charge in [-0.2, -0.15) is 0 Å². The molecule has 1 aliphatic heterocycles. The summed E-state index contributed by atoms with van der Waals surface area (Å²) in [7, 11) is 1.86. The van der Waals surface area contributed by atoms with Crippen LogP contribution in [0.15, 0.2) is 30.3 Å². The topological polar surface area (TPSA) is 45.6 Å². The maximum absolute atomic E-state index is 12.7. The van der Waals surface area contributed by atoms with Gasteiger partial charge in [0.2, 0.25) is 0 Å². The van der Waals surface area contributed by atoms with Crippen LogP contribution in [0.3, 0.4) is 0 Å². The molecule has 0 fully saturated rings. The summed E-state index contributed by atoms with van der Waals surface area (Å²) in [6.45, 7) is 10.6. The SMILES string of the molecule is CCN(CC)CCn1c2ccc(C(C)=O)cc2c2c3c(ccc21)C(=O)N(C)CC3. The van der Waals surface area contributed by atoms with Crippen LogP contribution in [0.25, 0.3) is 21.8 Å². The zero-order valence-corrected chi connectivity index (χ0v) is 17.8. The monoisotopic (exact) mass is 391 g/mol. The molecule has 0 atom stereocenters. The van der Waals surface area contributed by atoms with Crippen molar-refractivity contribution in [2.45, 2.75) is 33.7 Å². The molecule has 4 rings (SSSR count). The Hall–Kier alpha value is -2.66. The highest BCUT2D eigenvalue weighted by Gasteiger charge is 2.26. The van der Waals surface area contributed by atoms with Gasteiger partial charge in [-0.1, -0.05) is 13.8 Å². The number of rotatable bonds is 6. The number of aromatic nitrogens is 1. The third-order valence-electron chi connectivity index (χ3n) is 6.35. The number of hydrogen-bond donors (Lipinski definition) is 0. The maximum atomic E-state index is 12.7. The summed E-state index contributed by atoms with van der Waals surface area (Å²) in [5.74, 6) is 0.150. The van der Waals surface area contributed by atoms with E-state index >= 15 is 0 Å². The standard InChI is InChI=1S/C24H29N3O2/c1-5-26(6-2)13-14-27-21-9-7-17(16(3)28)15-20(21)23-18-11-12-25(4)24(29)19(18)8-10-22(23)27/h7-10,15H,5-6,11-14H2,1-4H3. The fourth-order valence-corrected chi connectivity index (χ4v) is 4.55. The Bertz CT molecular complexity index is 1110. The quantitative estimate of drug-likeness (QED) is 0.598. The van der Waals surface area contributed by atoms with E-state index < -0.39 is 0 Å². The van der Waals surface area contributed by atoms with Crippen LogP contribution in [0.1, 0.15) is 47.1 Å². The molecule has 0 spiro atoms. The lowest BCUT2D eigenvalue weighted by atomic mass is 9.93. The Morgan fingerprint density at radius 1 is 1.10 bits per heavy atom. The summed E-state index contributed by atoms with van der Waals surface area (Å²) in [6, 6.07) is 10.1. The summed E-state index contributed by atoms with van der Waals surface area (Å²) in [6.07, 6.45) is 0.842. The van der Waals surface area contributed by atoms with Crippen molar-refractivity contribution in [2.24, 2.45) is 0 Å². The molecule has 0 radical (unpaired) electrons. The number of carbonyl (C=O) groups excluding carboxylic acids is 2. The molecule has 5 heteroatoms. The first kappa shape index (κ1) is 19.6. The van der Waals surface area contributed by atoms with Crippen LogP contribution in [-0.4, -0.2) is 59.3 Å². The molecule has 29 heavy (non-hydrogen) atoms. The number of hydrogen-bond acceptors (Lipinski definition) is 3. The number of nitrogens with zero attached hydrogens (tertiary/aromatic N) is 3. The predicted molar refractivity (Wildman–Crippen MR) is 118 cm³/mol. The number of ketones is 1. The van der Waals surface area contributed by atoms with Gasteiger partial charge < -0.3 is 14.4 Å². The van der Waals surface area contributed by atoms with Crippen molar-refractivity contribution in [1.82, 2.24) is 14.4 Å². The van der Waals surface area contributed by atoms with Crippen molar-refractivity contribution in [2.75, 3.05) is 33.2 Å². The average Bonchev–Trinajstić information content (AvgIpc) is 3.04. The average molecular weight is 392 g/mol. The van der Waals surface area contributed by atoms with Crippen molar-refractivity contribution in [3.05, 3.63) is 47.0 Å². The molecule has 0 unspecified atom stereocenters. The van der Waals surface area contributed by atoms with Gasteiger partial charge >= 0.3 is 0 Å². The molecule has 0 saturated heterocycles. The molecule has 152 valence electrons. The van der Waals surface area contributed by atoms with E-state index in [1.54, 1.807) is 11.8 Å². The van der Waals surface area contributed by atoms with E-state index in [0.29, 0.717) is 0 Å². The largest absolute Gasteiger partial charge is 0.341 e. The third kappa shape index (κ3) is 3.23. The summed E-state index contributed by atoms with van der Waals surface area (Å²) in [5.41, 5.74) is 4.93. The molecule has 2 heterocycles. The van der Waals surface area contributed by atoms with Gasteiger partial charge in [0.15, 0.2) is 5.78 Å². The first-order valence-corrected chi connectivity index (χ1v) is 10.5. The summed E-state index contributed by atoms with van der Waals surface area (Å²) < 4.78 is 2.36. The molecule has 0 N–H and O–H groups in total. The lowest BCUT2D eigenvalue weighted by molar-refractivity contribution is 0.0781. The van der Waals surface area contributed by atoms with E-state index in [4.69, 9.17) is 0 Å². The second-order valence-electron chi connectivity index (χ2n) is 7.93. The second kappa shape index (κ2) is 7.64. The Labute approximate surface area is 171 Å². The number of carbonyl (C=O) groups is 2. The van der Waals surface area contributed by atoms with Crippen LogP contribution < -0.4 is 0 Å². The Balaban J connectivity index is 1.97. The van der Waals surface area contributed by atoms with E-state index in [9.17, 15) is 9.59 Å². The maximum Gasteiger partial charge on any atom is 0.253 e. The fourth-order valence-electron chi connectivity index (χ4n) is 4.55. The van der Waals surface area contributed by atoms with Gasteiger partial charge in [0.1, 0.15) is 0 Å². The number of benzene rings is 2. The van der Waals surface area contributed by atoms with E-state index in [-0.39, 0.29) is 11.7 Å². The highest BCUT2D eigenvalue weighted by Crippen LogP contribution is 2.36. The Kier molecular flexibility index (Phi) is 5.17. The van der Waals surface area contributed by atoms with Gasteiger partial charge in [0.25, 0.3) is 5.91 Å². The molecule has 1 amide bonds. The van der Waals surface area contributed by atoms with Crippen LogP contribution in [-0.2, 0) is 13.0 Å². The van der Waals surface area contributed by atoms with Crippen molar-refractivity contribution >= 4 is 33.5 Å². The van der Waals surface area contributed by atoms with Crippen LogP contribution in [0, 0.1) is 0 Å². The van der Waals surface area contributed by atoms with Crippen molar-refractivity contribution in [1.29, 1.82) is 0 Å². The molecule has 5 nitrogen and oxygen atoms in total. The van der Waals surface area contributed by atoms with Gasteiger partial charge in [-0.15, -0.1) is 0 Å². The predicted octanol–water partition coefficient (Wildman–Crippen LogP) is 3.97. The van der Waals surface area contributed by atoms with Gasteiger partial charge in [-0.25, -0.2) is 0 Å². The molecule has 3 aromatic rings. The minimum Gasteiger partial charge on any atom is -0.341 e. The van der Waals surface area contributed by atoms with Crippen molar-refractivity contribution in [3.63, 3.8) is 0 Å². The minimum absolute atomic E-state index is 0.0662. The third-order valence-corrected chi connectivity index (χ3v) is 6.35. The van der Waals surface area contributed by atoms with Gasteiger partial charge in [-0.05, 0) is 62.3 Å². The molecule has 0 aliphatic carbocycles. The first-order chi connectivity index (χ1) is 14.0. The molecule has 0 bridgehead atoms. The summed E-state index contributed by atoms with van der Waals surface area (Å²) in [5, 5.41) is 2.23. The van der Waals surface area contributed by atoms with Crippen LogP contribution >= 0.6 is 0 Å². The number of amides is 1. The summed E-state index contributed by atoms with van der Waals surface area (Å²) in [4.78, 5) is 29.0.